The number of aryl methyl sites for hydroxylation is 1. The van der Waals surface area contributed by atoms with E-state index in [0.29, 0.717) is 0 Å². The van der Waals surface area contributed by atoms with Gasteiger partial charge in [0.05, 0.1) is 6.26 Å². The Morgan fingerprint density at radius 1 is 1.24 bits per heavy atom. The van der Waals surface area contributed by atoms with E-state index in [-0.39, 0.29) is 0 Å². The van der Waals surface area contributed by atoms with E-state index in [9.17, 15) is 0 Å². The number of hydrogen-bond donors (Lipinski definition) is 1. The van der Waals surface area contributed by atoms with Crippen molar-refractivity contribution in [3.05, 3.63) is 59.5 Å². The molecular formula is C17H23N3O. The SMILES string of the molecule is CN=C(NCCc1ccco1)N(C)Cc1ccc(C)cc1. The Bertz CT molecular complexity index is 558. The van der Waals surface area contributed by atoms with Crippen LogP contribution in [0.2, 0.25) is 0 Å². The number of rotatable bonds is 5. The molecule has 0 amide bonds. The third-order valence-electron chi connectivity index (χ3n) is 3.35. The zero-order valence-corrected chi connectivity index (χ0v) is 13.0. The molecule has 4 heteroatoms. The van der Waals surface area contributed by atoms with Crippen molar-refractivity contribution in [3.8, 4) is 0 Å². The van der Waals surface area contributed by atoms with Crippen molar-refractivity contribution in [2.45, 2.75) is 19.9 Å². The molecule has 1 aromatic carbocycles. The molecule has 2 aromatic rings. The molecule has 1 N–H and O–H groups in total. The predicted molar refractivity (Wildman–Crippen MR) is 86.4 cm³/mol. The molecule has 0 saturated carbocycles. The molecule has 0 bridgehead atoms. The van der Waals surface area contributed by atoms with Gasteiger partial charge in [-0.3, -0.25) is 4.99 Å². The van der Waals surface area contributed by atoms with Crippen LogP contribution in [0.5, 0.6) is 0 Å². The molecule has 0 aliphatic heterocycles. The first kappa shape index (κ1) is 15.2. The van der Waals surface area contributed by atoms with Crippen molar-refractivity contribution in [3.63, 3.8) is 0 Å². The summed E-state index contributed by atoms with van der Waals surface area (Å²) in [6, 6.07) is 12.5. The lowest BCUT2D eigenvalue weighted by Crippen LogP contribution is -2.39. The predicted octanol–water partition coefficient (Wildman–Crippen LogP) is 2.84. The molecule has 1 aromatic heterocycles. The van der Waals surface area contributed by atoms with Crippen LogP contribution in [0, 0.1) is 6.92 Å². The molecular weight excluding hydrogens is 262 g/mol. The lowest BCUT2D eigenvalue weighted by molar-refractivity contribution is 0.469. The van der Waals surface area contributed by atoms with Crippen molar-refractivity contribution in [2.24, 2.45) is 4.99 Å². The Balaban J connectivity index is 1.83. The number of benzene rings is 1. The van der Waals surface area contributed by atoms with Crippen LogP contribution in [0.15, 0.2) is 52.1 Å². The van der Waals surface area contributed by atoms with E-state index in [1.165, 1.54) is 11.1 Å². The van der Waals surface area contributed by atoms with Crippen LogP contribution in [-0.4, -0.2) is 31.5 Å². The number of hydrogen-bond acceptors (Lipinski definition) is 2. The zero-order chi connectivity index (χ0) is 15.1. The van der Waals surface area contributed by atoms with E-state index in [4.69, 9.17) is 4.42 Å². The second-order valence-corrected chi connectivity index (χ2v) is 5.15. The summed E-state index contributed by atoms with van der Waals surface area (Å²) in [6.45, 7) is 3.74. The first-order valence-corrected chi connectivity index (χ1v) is 7.19. The average Bonchev–Trinajstić information content (AvgIpc) is 2.99. The summed E-state index contributed by atoms with van der Waals surface area (Å²) < 4.78 is 5.32. The molecule has 2 rings (SSSR count). The number of nitrogens with zero attached hydrogens (tertiary/aromatic N) is 2. The summed E-state index contributed by atoms with van der Waals surface area (Å²) in [4.78, 5) is 6.44. The summed E-state index contributed by atoms with van der Waals surface area (Å²) >= 11 is 0. The van der Waals surface area contributed by atoms with E-state index in [1.54, 1.807) is 13.3 Å². The Hall–Kier alpha value is -2.23. The van der Waals surface area contributed by atoms with E-state index in [2.05, 4.69) is 46.4 Å². The fraction of sp³-hybridized carbons (Fsp3) is 0.353. The summed E-state index contributed by atoms with van der Waals surface area (Å²) in [5.41, 5.74) is 2.56. The van der Waals surface area contributed by atoms with Gasteiger partial charge in [0, 0.05) is 33.6 Å². The van der Waals surface area contributed by atoms with Gasteiger partial charge in [0.2, 0.25) is 0 Å². The number of aliphatic imine (C=N–C) groups is 1. The lowest BCUT2D eigenvalue weighted by Gasteiger charge is -2.22. The highest BCUT2D eigenvalue weighted by Gasteiger charge is 2.06. The van der Waals surface area contributed by atoms with Gasteiger partial charge in [0.1, 0.15) is 5.76 Å². The molecule has 0 aliphatic rings. The molecule has 0 saturated heterocycles. The van der Waals surface area contributed by atoms with E-state index < -0.39 is 0 Å². The number of nitrogens with one attached hydrogen (secondary N) is 1. The second-order valence-electron chi connectivity index (χ2n) is 5.15. The standard InChI is InChI=1S/C17H23N3O/c1-14-6-8-15(9-7-14)13-20(3)17(18-2)19-11-10-16-5-4-12-21-16/h4-9,12H,10-11,13H2,1-3H3,(H,18,19). The Morgan fingerprint density at radius 3 is 2.62 bits per heavy atom. The fourth-order valence-corrected chi connectivity index (χ4v) is 2.18. The molecule has 0 atom stereocenters. The largest absolute Gasteiger partial charge is 0.469 e. The maximum absolute atomic E-state index is 5.32. The van der Waals surface area contributed by atoms with E-state index >= 15 is 0 Å². The summed E-state index contributed by atoms with van der Waals surface area (Å²) in [5, 5.41) is 3.36. The first-order valence-electron chi connectivity index (χ1n) is 7.19. The molecule has 4 nitrogen and oxygen atoms in total. The van der Waals surface area contributed by atoms with Crippen LogP contribution >= 0.6 is 0 Å². The second kappa shape index (κ2) is 7.53. The Kier molecular flexibility index (Phi) is 5.43. The summed E-state index contributed by atoms with van der Waals surface area (Å²) in [5.74, 6) is 1.88. The zero-order valence-electron chi connectivity index (χ0n) is 13.0. The van der Waals surface area contributed by atoms with Crippen LogP contribution in [0.25, 0.3) is 0 Å². The van der Waals surface area contributed by atoms with Crippen LogP contribution in [0.4, 0.5) is 0 Å². The van der Waals surface area contributed by atoms with Gasteiger partial charge in [-0.1, -0.05) is 29.8 Å². The lowest BCUT2D eigenvalue weighted by atomic mass is 10.1. The van der Waals surface area contributed by atoms with Crippen LogP contribution in [-0.2, 0) is 13.0 Å². The quantitative estimate of drug-likeness (QED) is 0.678. The highest BCUT2D eigenvalue weighted by Crippen LogP contribution is 2.06. The van der Waals surface area contributed by atoms with Crippen molar-refractivity contribution in [1.82, 2.24) is 10.2 Å². The van der Waals surface area contributed by atoms with Crippen molar-refractivity contribution < 1.29 is 4.42 Å². The van der Waals surface area contributed by atoms with E-state index in [0.717, 1.165) is 31.2 Å². The third-order valence-corrected chi connectivity index (χ3v) is 3.35. The van der Waals surface area contributed by atoms with Gasteiger partial charge in [-0.05, 0) is 24.6 Å². The average molecular weight is 285 g/mol. The smallest absolute Gasteiger partial charge is 0.193 e. The summed E-state index contributed by atoms with van der Waals surface area (Å²) in [6.07, 6.45) is 2.55. The van der Waals surface area contributed by atoms with Crippen molar-refractivity contribution >= 4 is 5.96 Å². The molecule has 0 unspecified atom stereocenters. The van der Waals surface area contributed by atoms with Crippen LogP contribution in [0.1, 0.15) is 16.9 Å². The number of furan rings is 1. The molecule has 112 valence electrons. The normalized spacial score (nSPS) is 11.5. The molecule has 0 aliphatic carbocycles. The molecule has 0 spiro atoms. The van der Waals surface area contributed by atoms with Gasteiger partial charge in [-0.25, -0.2) is 0 Å². The topological polar surface area (TPSA) is 40.8 Å². The Labute approximate surface area is 126 Å². The van der Waals surface area contributed by atoms with Gasteiger partial charge < -0.3 is 14.6 Å². The molecule has 1 heterocycles. The molecule has 21 heavy (non-hydrogen) atoms. The molecule has 0 fully saturated rings. The number of guanidine groups is 1. The van der Waals surface area contributed by atoms with E-state index in [1.807, 2.05) is 19.2 Å². The minimum absolute atomic E-state index is 0.804. The maximum Gasteiger partial charge on any atom is 0.193 e. The van der Waals surface area contributed by atoms with Gasteiger partial charge in [0.25, 0.3) is 0 Å². The van der Waals surface area contributed by atoms with Crippen molar-refractivity contribution in [2.75, 3.05) is 20.6 Å². The van der Waals surface area contributed by atoms with Gasteiger partial charge in [0.15, 0.2) is 5.96 Å². The maximum atomic E-state index is 5.32. The van der Waals surface area contributed by atoms with Crippen molar-refractivity contribution in [1.29, 1.82) is 0 Å². The van der Waals surface area contributed by atoms with Gasteiger partial charge in [-0.15, -0.1) is 0 Å². The van der Waals surface area contributed by atoms with Crippen LogP contribution < -0.4 is 5.32 Å². The van der Waals surface area contributed by atoms with Crippen LogP contribution in [0.3, 0.4) is 0 Å². The monoisotopic (exact) mass is 285 g/mol. The van der Waals surface area contributed by atoms with Gasteiger partial charge >= 0.3 is 0 Å². The summed E-state index contributed by atoms with van der Waals surface area (Å²) in [7, 11) is 3.85. The third kappa shape index (κ3) is 4.67. The Morgan fingerprint density at radius 2 is 2.00 bits per heavy atom. The molecule has 0 radical (unpaired) electrons. The van der Waals surface area contributed by atoms with Gasteiger partial charge in [-0.2, -0.15) is 0 Å². The highest BCUT2D eigenvalue weighted by molar-refractivity contribution is 5.79. The minimum atomic E-state index is 0.804. The highest BCUT2D eigenvalue weighted by atomic mass is 16.3. The minimum Gasteiger partial charge on any atom is -0.469 e. The first-order chi connectivity index (χ1) is 10.2. The fourth-order valence-electron chi connectivity index (χ4n) is 2.18.